The summed E-state index contributed by atoms with van der Waals surface area (Å²) < 4.78 is 10.8. The molecule has 1 atom stereocenters. The first-order valence-corrected chi connectivity index (χ1v) is 8.91. The molecule has 0 unspecified atom stereocenters. The first-order valence-electron chi connectivity index (χ1n) is 8.91. The third-order valence-electron chi connectivity index (χ3n) is 4.84. The molecular weight excluding hydrogens is 306 g/mol. The number of aromatic nitrogens is 2. The average molecular weight is 329 g/mol. The van der Waals surface area contributed by atoms with Gasteiger partial charge < -0.3 is 14.6 Å². The molecule has 6 nitrogen and oxygen atoms in total. The third-order valence-corrected chi connectivity index (χ3v) is 4.84. The molecule has 0 aromatic carbocycles. The maximum absolute atomic E-state index is 12.8. The van der Waals surface area contributed by atoms with Crippen LogP contribution in [0, 0.1) is 5.92 Å². The maximum Gasteiger partial charge on any atom is 0.259 e. The third kappa shape index (κ3) is 3.02. The van der Waals surface area contributed by atoms with Crippen LogP contribution in [-0.4, -0.2) is 35.8 Å². The fourth-order valence-corrected chi connectivity index (χ4v) is 3.28. The van der Waals surface area contributed by atoms with Gasteiger partial charge in [0.1, 0.15) is 0 Å². The molecule has 2 fully saturated rings. The Bertz CT molecular complexity index is 745. The number of nitrogens with zero attached hydrogens (tertiary/aromatic N) is 2. The van der Waals surface area contributed by atoms with E-state index < -0.39 is 0 Å². The summed E-state index contributed by atoms with van der Waals surface area (Å²) in [5.41, 5.74) is 2.94. The fraction of sp³-hybridized carbons (Fsp3) is 0.611. The van der Waals surface area contributed by atoms with Crippen molar-refractivity contribution >= 4 is 17.0 Å². The lowest BCUT2D eigenvalue weighted by atomic mass is 10.0. The second-order valence-corrected chi connectivity index (χ2v) is 6.87. The molecule has 128 valence electrons. The Hall–Kier alpha value is -1.95. The average Bonchev–Trinajstić information content (AvgIpc) is 3.17. The molecule has 3 heterocycles. The predicted octanol–water partition coefficient (Wildman–Crippen LogP) is 2.82. The Morgan fingerprint density at radius 1 is 1.38 bits per heavy atom. The summed E-state index contributed by atoms with van der Waals surface area (Å²) in [6, 6.07) is 1.94. The number of fused-ring (bicyclic) bond motifs is 1. The van der Waals surface area contributed by atoms with Crippen molar-refractivity contribution in [2.45, 2.75) is 44.9 Å². The summed E-state index contributed by atoms with van der Waals surface area (Å²) in [7, 11) is 0. The van der Waals surface area contributed by atoms with Crippen LogP contribution in [0.1, 0.15) is 60.3 Å². The van der Waals surface area contributed by atoms with Crippen LogP contribution in [0.3, 0.4) is 0 Å². The van der Waals surface area contributed by atoms with Gasteiger partial charge in [-0.25, -0.2) is 4.98 Å². The molecule has 24 heavy (non-hydrogen) atoms. The molecule has 1 aliphatic heterocycles. The summed E-state index contributed by atoms with van der Waals surface area (Å²) in [6.45, 7) is 4.26. The van der Waals surface area contributed by atoms with Gasteiger partial charge in [0.2, 0.25) is 0 Å². The zero-order valence-electron chi connectivity index (χ0n) is 14.0. The van der Waals surface area contributed by atoms with Crippen molar-refractivity contribution < 1.29 is 14.1 Å². The Morgan fingerprint density at radius 3 is 2.96 bits per heavy atom. The number of nitrogens with one attached hydrogen (secondary N) is 1. The molecular formula is C18H23N3O3. The van der Waals surface area contributed by atoms with E-state index in [4.69, 9.17) is 9.26 Å². The lowest BCUT2D eigenvalue weighted by Crippen LogP contribution is -2.29. The van der Waals surface area contributed by atoms with E-state index in [9.17, 15) is 4.79 Å². The van der Waals surface area contributed by atoms with E-state index in [0.717, 1.165) is 62.1 Å². The molecule has 0 radical (unpaired) electrons. The van der Waals surface area contributed by atoms with Gasteiger partial charge in [0.15, 0.2) is 0 Å². The lowest BCUT2D eigenvalue weighted by Gasteiger charge is -2.11. The molecule has 6 heteroatoms. The smallest absolute Gasteiger partial charge is 0.259 e. The van der Waals surface area contributed by atoms with Crippen LogP contribution < -0.4 is 5.32 Å². The second kappa shape index (κ2) is 6.51. The van der Waals surface area contributed by atoms with Crippen LogP contribution in [0.5, 0.6) is 0 Å². The lowest BCUT2D eigenvalue weighted by molar-refractivity contribution is 0.0946. The van der Waals surface area contributed by atoms with Crippen LogP contribution in [0.4, 0.5) is 0 Å². The maximum atomic E-state index is 12.8. The number of aryl methyl sites for hydroxylation is 1. The monoisotopic (exact) mass is 329 g/mol. The molecule has 2 aromatic rings. The van der Waals surface area contributed by atoms with Gasteiger partial charge in [0, 0.05) is 30.7 Å². The van der Waals surface area contributed by atoms with Gasteiger partial charge in [0.25, 0.3) is 11.6 Å². The van der Waals surface area contributed by atoms with Gasteiger partial charge >= 0.3 is 0 Å². The molecule has 0 spiro atoms. The molecule has 2 aliphatic rings. The minimum Gasteiger partial charge on any atom is -0.381 e. The molecule has 1 aliphatic carbocycles. The first kappa shape index (κ1) is 15.6. The van der Waals surface area contributed by atoms with Crippen molar-refractivity contribution in [3.8, 4) is 0 Å². The summed E-state index contributed by atoms with van der Waals surface area (Å²) >= 11 is 0. The minimum atomic E-state index is -0.0586. The highest BCUT2D eigenvalue weighted by molar-refractivity contribution is 6.06. The Labute approximate surface area is 140 Å². The first-order chi connectivity index (χ1) is 11.8. The van der Waals surface area contributed by atoms with Gasteiger partial charge in [-0.15, -0.1) is 0 Å². The summed E-state index contributed by atoms with van der Waals surface area (Å²) in [6.07, 6.45) is 5.01. The van der Waals surface area contributed by atoms with E-state index in [1.54, 1.807) is 0 Å². The van der Waals surface area contributed by atoms with Gasteiger partial charge in [-0.05, 0) is 31.7 Å². The van der Waals surface area contributed by atoms with E-state index in [0.29, 0.717) is 29.7 Å². The second-order valence-electron chi connectivity index (χ2n) is 6.87. The number of pyridine rings is 1. The van der Waals surface area contributed by atoms with E-state index in [1.165, 1.54) is 0 Å². The Kier molecular flexibility index (Phi) is 4.22. The standard InChI is InChI=1S/C18H23N3O3/c1-2-3-14-16-13(17(22)19-9-11-6-7-23-10-11)8-15(12-4-5-12)20-18(16)24-21-14/h8,11-12H,2-7,9-10H2,1H3,(H,19,22)/t11-/m0/s1. The number of carbonyl (C=O) groups excluding carboxylic acids is 1. The zero-order valence-corrected chi connectivity index (χ0v) is 14.0. The Morgan fingerprint density at radius 2 is 2.25 bits per heavy atom. The SMILES string of the molecule is CCCc1noc2nc(C3CC3)cc(C(=O)NC[C@@H]3CCOC3)c12. The normalized spacial score (nSPS) is 20.6. The van der Waals surface area contributed by atoms with Gasteiger partial charge in [-0.3, -0.25) is 4.79 Å². The number of ether oxygens (including phenoxy) is 1. The number of rotatable bonds is 6. The fourth-order valence-electron chi connectivity index (χ4n) is 3.28. The van der Waals surface area contributed by atoms with Crippen molar-refractivity contribution in [2.75, 3.05) is 19.8 Å². The molecule has 0 bridgehead atoms. The molecule has 2 aromatic heterocycles. The van der Waals surface area contributed by atoms with Gasteiger partial charge in [-0.2, -0.15) is 0 Å². The van der Waals surface area contributed by atoms with Crippen LogP contribution in [0.25, 0.3) is 11.1 Å². The highest BCUT2D eigenvalue weighted by Gasteiger charge is 2.29. The molecule has 1 N–H and O–H groups in total. The quantitative estimate of drug-likeness (QED) is 0.882. The number of amides is 1. The van der Waals surface area contributed by atoms with E-state index in [1.807, 2.05) is 6.07 Å². The number of carbonyl (C=O) groups is 1. The highest BCUT2D eigenvalue weighted by Crippen LogP contribution is 2.40. The van der Waals surface area contributed by atoms with Crippen molar-refractivity contribution in [1.82, 2.24) is 15.5 Å². The summed E-state index contributed by atoms with van der Waals surface area (Å²) in [4.78, 5) is 17.4. The predicted molar refractivity (Wildman–Crippen MR) is 89.0 cm³/mol. The Balaban J connectivity index is 1.65. The minimum absolute atomic E-state index is 0.0586. The van der Waals surface area contributed by atoms with Crippen molar-refractivity contribution in [1.29, 1.82) is 0 Å². The van der Waals surface area contributed by atoms with Crippen molar-refractivity contribution in [3.05, 3.63) is 23.0 Å². The molecule has 4 rings (SSSR count). The molecule has 1 saturated heterocycles. The van der Waals surface area contributed by atoms with Crippen LogP contribution in [-0.2, 0) is 11.2 Å². The zero-order chi connectivity index (χ0) is 16.5. The molecule has 1 saturated carbocycles. The highest BCUT2D eigenvalue weighted by atomic mass is 16.5. The van der Waals surface area contributed by atoms with Crippen molar-refractivity contribution in [2.24, 2.45) is 5.92 Å². The van der Waals surface area contributed by atoms with E-state index in [2.05, 4.69) is 22.4 Å². The van der Waals surface area contributed by atoms with E-state index >= 15 is 0 Å². The summed E-state index contributed by atoms with van der Waals surface area (Å²) in [5, 5.41) is 7.99. The molecule has 1 amide bonds. The van der Waals surface area contributed by atoms with Gasteiger partial charge in [-0.1, -0.05) is 18.5 Å². The summed E-state index contributed by atoms with van der Waals surface area (Å²) in [5.74, 6) is 0.812. The van der Waals surface area contributed by atoms with Crippen molar-refractivity contribution in [3.63, 3.8) is 0 Å². The number of hydrogen-bond donors (Lipinski definition) is 1. The largest absolute Gasteiger partial charge is 0.381 e. The van der Waals surface area contributed by atoms with E-state index in [-0.39, 0.29) is 5.91 Å². The van der Waals surface area contributed by atoms with Gasteiger partial charge in [0.05, 0.1) is 23.3 Å². The van der Waals surface area contributed by atoms with Crippen LogP contribution >= 0.6 is 0 Å². The number of hydrogen-bond acceptors (Lipinski definition) is 5. The van der Waals surface area contributed by atoms with Crippen LogP contribution in [0.2, 0.25) is 0 Å². The topological polar surface area (TPSA) is 77.2 Å². The van der Waals surface area contributed by atoms with Crippen LogP contribution in [0.15, 0.2) is 10.6 Å².